The summed E-state index contributed by atoms with van der Waals surface area (Å²) in [6, 6.07) is 7.62. The van der Waals surface area contributed by atoms with Crippen molar-refractivity contribution in [1.82, 2.24) is 39.7 Å². The van der Waals surface area contributed by atoms with Crippen LogP contribution in [0.4, 0.5) is 36.6 Å². The van der Waals surface area contributed by atoms with Crippen LogP contribution in [0.1, 0.15) is 59.7 Å². The van der Waals surface area contributed by atoms with Crippen LogP contribution < -0.4 is 10.0 Å². The number of halogens is 8. The number of anilines is 1. The molecule has 3 aromatic heterocycles. The monoisotopic (exact) mass is 907 g/mol. The predicted octanol–water partition coefficient (Wildman–Crippen LogP) is 6.70. The van der Waals surface area contributed by atoms with Gasteiger partial charge >= 0.3 is 6.18 Å². The number of carbonyl (C=O) groups is 1. The van der Waals surface area contributed by atoms with Gasteiger partial charge in [0.2, 0.25) is 15.9 Å². The van der Waals surface area contributed by atoms with Crippen molar-refractivity contribution >= 4 is 44.3 Å². The molecule has 0 radical (unpaired) electrons. The molecule has 1 fully saturated rings. The number of sulfonamides is 1. The number of hydrogen-bond donors (Lipinski definition) is 2. The number of pyridine rings is 1. The average Bonchev–Trinajstić information content (AvgIpc) is 3.77. The summed E-state index contributed by atoms with van der Waals surface area (Å²) < 4.78 is 132. The Kier molecular flexibility index (Phi) is 12.1. The maximum atomic E-state index is 15.7. The van der Waals surface area contributed by atoms with Gasteiger partial charge in [-0.05, 0) is 61.2 Å². The number of benzene rings is 2. The molecular formula is C41H41ClF7N9O3S. The highest BCUT2D eigenvalue weighted by molar-refractivity contribution is 7.92. The third kappa shape index (κ3) is 9.12. The third-order valence-corrected chi connectivity index (χ3v) is 12.1. The average molecular weight is 908 g/mol. The Morgan fingerprint density at radius 2 is 1.66 bits per heavy atom. The van der Waals surface area contributed by atoms with Crippen molar-refractivity contribution in [2.45, 2.75) is 50.9 Å². The van der Waals surface area contributed by atoms with Crippen LogP contribution in [0, 0.1) is 29.4 Å². The molecule has 21 heteroatoms. The van der Waals surface area contributed by atoms with E-state index in [2.05, 4.69) is 41.9 Å². The number of hydrogen-bond acceptors (Lipinski definition) is 8. The Labute approximate surface area is 357 Å². The smallest absolute Gasteiger partial charge is 0.346 e. The molecule has 0 spiro atoms. The van der Waals surface area contributed by atoms with Crippen LogP contribution in [0.25, 0.3) is 22.0 Å². The first-order valence-corrected chi connectivity index (χ1v) is 21.6. The molecule has 330 valence electrons. The number of nitrogens with zero attached hydrogens (tertiary/aromatic N) is 7. The minimum absolute atomic E-state index is 0.0297. The Morgan fingerprint density at radius 1 is 1.00 bits per heavy atom. The topological polar surface area (TPSA) is 130 Å². The highest BCUT2D eigenvalue weighted by Gasteiger charge is 2.57. The second-order valence-corrected chi connectivity index (χ2v) is 17.9. The van der Waals surface area contributed by atoms with Crippen molar-refractivity contribution in [2.75, 3.05) is 50.7 Å². The van der Waals surface area contributed by atoms with E-state index < -0.39 is 81.0 Å². The normalized spacial score (nSPS) is 18.7. The number of fused-ring (bicyclic) bond motifs is 2. The molecule has 12 nitrogen and oxygen atoms in total. The summed E-state index contributed by atoms with van der Waals surface area (Å²) in [5, 5.41) is 10.8. The van der Waals surface area contributed by atoms with E-state index in [1.165, 1.54) is 24.7 Å². The van der Waals surface area contributed by atoms with E-state index in [1.54, 1.807) is 18.2 Å². The van der Waals surface area contributed by atoms with Crippen molar-refractivity contribution in [3.63, 3.8) is 0 Å². The van der Waals surface area contributed by atoms with Gasteiger partial charge in [-0.25, -0.2) is 22.2 Å². The van der Waals surface area contributed by atoms with Gasteiger partial charge in [-0.1, -0.05) is 37.4 Å². The van der Waals surface area contributed by atoms with Gasteiger partial charge in [0.1, 0.15) is 29.6 Å². The van der Waals surface area contributed by atoms with Crippen LogP contribution in [0.2, 0.25) is 5.02 Å². The molecule has 5 aromatic rings. The second-order valence-electron chi connectivity index (χ2n) is 15.7. The lowest BCUT2D eigenvalue weighted by molar-refractivity contribution is -0.143. The number of nitrogens with one attached hydrogen (secondary N) is 2. The van der Waals surface area contributed by atoms with E-state index in [1.807, 2.05) is 7.05 Å². The first-order chi connectivity index (χ1) is 29.0. The molecule has 0 saturated carbocycles. The van der Waals surface area contributed by atoms with E-state index in [4.69, 9.17) is 16.6 Å². The summed E-state index contributed by atoms with van der Waals surface area (Å²) in [6.45, 7) is 4.92. The predicted molar refractivity (Wildman–Crippen MR) is 218 cm³/mol. The fraction of sp³-hybridized carbons (Fsp3) is 0.415. The van der Waals surface area contributed by atoms with Gasteiger partial charge in [0, 0.05) is 61.9 Å². The van der Waals surface area contributed by atoms with E-state index >= 15 is 8.78 Å². The molecule has 0 unspecified atom stereocenters. The van der Waals surface area contributed by atoms with Crippen LogP contribution in [0.3, 0.4) is 0 Å². The number of aromatic nitrogens is 5. The summed E-state index contributed by atoms with van der Waals surface area (Å²) in [6.07, 6.45) is -4.54. The minimum atomic E-state index is -5.11. The summed E-state index contributed by atoms with van der Waals surface area (Å²) >= 11 is 6.62. The van der Waals surface area contributed by atoms with E-state index in [9.17, 15) is 35.2 Å². The zero-order valence-electron chi connectivity index (χ0n) is 34.0. The van der Waals surface area contributed by atoms with Crippen molar-refractivity contribution < 1.29 is 43.9 Å². The van der Waals surface area contributed by atoms with Crippen LogP contribution in [-0.4, -0.2) is 94.7 Å². The van der Waals surface area contributed by atoms with E-state index in [0.717, 1.165) is 51.5 Å². The van der Waals surface area contributed by atoms with Gasteiger partial charge < -0.3 is 10.2 Å². The molecule has 3 atom stereocenters. The molecule has 0 bridgehead atoms. The second kappa shape index (κ2) is 16.8. The fourth-order valence-corrected chi connectivity index (χ4v) is 8.78. The van der Waals surface area contributed by atoms with E-state index in [-0.39, 0.29) is 45.2 Å². The van der Waals surface area contributed by atoms with Crippen molar-refractivity contribution in [2.24, 2.45) is 13.0 Å². The fourth-order valence-electron chi connectivity index (χ4n) is 8.05. The lowest BCUT2D eigenvalue weighted by Gasteiger charge is -2.30. The molecular weight excluding hydrogens is 867 g/mol. The number of piperazine rings is 1. The zero-order valence-corrected chi connectivity index (χ0v) is 35.6. The molecule has 1 aliphatic carbocycles. The van der Waals surface area contributed by atoms with E-state index in [0.29, 0.717) is 28.4 Å². The summed E-state index contributed by atoms with van der Waals surface area (Å²) in [4.78, 5) is 23.3. The van der Waals surface area contributed by atoms with Crippen molar-refractivity contribution in [3.05, 3.63) is 93.0 Å². The van der Waals surface area contributed by atoms with Gasteiger partial charge in [-0.3, -0.25) is 23.8 Å². The summed E-state index contributed by atoms with van der Waals surface area (Å²) in [7, 11) is -0.294. The van der Waals surface area contributed by atoms with Gasteiger partial charge in [0.05, 0.1) is 40.5 Å². The Balaban J connectivity index is 1.37. The van der Waals surface area contributed by atoms with Gasteiger partial charge in [0.15, 0.2) is 11.5 Å². The number of rotatable bonds is 10. The maximum Gasteiger partial charge on any atom is 0.435 e. The molecule has 4 heterocycles. The first kappa shape index (κ1) is 44.8. The molecule has 1 saturated heterocycles. The number of alkyl halides is 5. The molecule has 7 rings (SSSR count). The van der Waals surface area contributed by atoms with Crippen LogP contribution in [-0.2, 0) is 46.9 Å². The lowest BCUT2D eigenvalue weighted by atomic mass is 9.93. The SMILES string of the molecule is C[C@@H]1c2c(C(F)(F)F)nn(CC(=O)N[C@@H](Cc3cc(F)cc(F)c3)c3nc(C#CCN4CCN(C)CC4)ccc3-c3ccc(Cl)c4c(NS(C)(=O)=O)nn(C)c34)c2C(F)(F)[C@@H]1C. The first-order valence-electron chi connectivity index (χ1n) is 19.4. The minimum Gasteiger partial charge on any atom is -0.346 e. The van der Waals surface area contributed by atoms with Crippen LogP contribution in [0.15, 0.2) is 42.5 Å². The Morgan fingerprint density at radius 3 is 2.31 bits per heavy atom. The number of likely N-dealkylation sites (N-methyl/N-ethyl adjacent to an activating group) is 1. The number of amides is 1. The van der Waals surface area contributed by atoms with Crippen molar-refractivity contribution in [1.29, 1.82) is 0 Å². The molecule has 62 heavy (non-hydrogen) atoms. The lowest BCUT2D eigenvalue weighted by Crippen LogP contribution is -2.44. The number of aryl methyl sites for hydroxylation is 1. The quantitative estimate of drug-likeness (QED) is 0.117. The van der Waals surface area contributed by atoms with Crippen LogP contribution >= 0.6 is 11.6 Å². The maximum absolute atomic E-state index is 15.7. The molecule has 1 amide bonds. The molecule has 2 N–H and O–H groups in total. The summed E-state index contributed by atoms with van der Waals surface area (Å²) in [5.41, 5.74) is -2.03. The highest BCUT2D eigenvalue weighted by atomic mass is 35.5. The third-order valence-electron chi connectivity index (χ3n) is 11.2. The molecule has 2 aromatic carbocycles. The van der Waals surface area contributed by atoms with Crippen molar-refractivity contribution in [3.8, 4) is 23.0 Å². The van der Waals surface area contributed by atoms with Gasteiger partial charge in [-0.2, -0.15) is 32.1 Å². The standard InChI is InChI=1S/C41H41ClF7N9O3S/c1-22-23(2)40(45,46)38-33(22)37(41(47,48)49)52-58(38)21-32(59)51-31(19-24-17-25(43)20-26(44)18-24)35-28(9-8-27(50-35)7-6-12-57-15-13-55(3)14-16-57)29-10-11-30(42)34-36(29)56(4)53-39(34)54-62(5,60)61/h8-11,17-18,20,22-23,31H,12-16,19,21H2,1-5H3,(H,51,59)(H,53,54)/t22-,23+,31-/m0/s1. The molecule has 2 aliphatic rings. The van der Waals surface area contributed by atoms with Gasteiger partial charge in [-0.15, -0.1) is 0 Å². The summed E-state index contributed by atoms with van der Waals surface area (Å²) in [5.74, 6) is -3.47. The largest absolute Gasteiger partial charge is 0.435 e. The van der Waals surface area contributed by atoms with Gasteiger partial charge in [0.25, 0.3) is 5.92 Å². The number of carbonyl (C=O) groups excluding carboxylic acids is 1. The zero-order chi connectivity index (χ0) is 45.1. The molecule has 1 aliphatic heterocycles. The Bertz CT molecular complexity index is 2720. The highest BCUT2D eigenvalue weighted by Crippen LogP contribution is 2.55. The van der Waals surface area contributed by atoms with Crippen LogP contribution in [0.5, 0.6) is 0 Å². The Hall–Kier alpha value is -5.23.